The van der Waals surface area contributed by atoms with Gasteiger partial charge in [-0.2, -0.15) is 0 Å². The van der Waals surface area contributed by atoms with Gasteiger partial charge < -0.3 is 19.6 Å². The molecule has 0 amide bonds. The molecule has 0 bridgehead atoms. The van der Waals surface area contributed by atoms with Crippen LogP contribution < -0.4 is 13.8 Å². The largest absolute Gasteiger partial charge is 0.714 e. The van der Waals surface area contributed by atoms with E-state index < -0.39 is 28.7 Å². The summed E-state index contributed by atoms with van der Waals surface area (Å²) in [6, 6.07) is 19.6. The molecule has 0 aliphatic carbocycles. The highest BCUT2D eigenvalue weighted by atomic mass is 32.4. The average Bonchev–Trinajstić information content (AvgIpc) is 2.95. The fourth-order valence-electron chi connectivity index (χ4n) is 2.88. The first-order chi connectivity index (χ1) is 19.0. The van der Waals surface area contributed by atoms with E-state index in [1.54, 1.807) is 49.4 Å². The van der Waals surface area contributed by atoms with E-state index >= 15 is 0 Å². The Morgan fingerprint density at radius 3 is 1.77 bits per heavy atom. The highest BCUT2D eigenvalue weighted by Gasteiger charge is 2.29. The summed E-state index contributed by atoms with van der Waals surface area (Å²) in [4.78, 5) is 18.1. The van der Waals surface area contributed by atoms with Crippen LogP contribution in [-0.4, -0.2) is 58.1 Å². The van der Waals surface area contributed by atoms with Gasteiger partial charge in [0.05, 0.1) is 33.6 Å². The van der Waals surface area contributed by atoms with Gasteiger partial charge in [-0.15, -0.1) is 10.2 Å². The van der Waals surface area contributed by atoms with Crippen LogP contribution in [-0.2, 0) is 20.9 Å². The van der Waals surface area contributed by atoms with Crippen LogP contribution >= 0.6 is 22.8 Å². The van der Waals surface area contributed by atoms with E-state index in [2.05, 4.69) is 10.2 Å². The van der Waals surface area contributed by atoms with Crippen LogP contribution in [0.5, 0.6) is 17.2 Å². The topological polar surface area (TPSA) is 154 Å². The monoisotopic (exact) mass is 624 g/mol. The number of methoxy groups -OCH3 is 1. The van der Waals surface area contributed by atoms with Crippen LogP contribution in [0.25, 0.3) is 0 Å². The van der Waals surface area contributed by atoms with Crippen molar-refractivity contribution >= 4 is 47.1 Å². The molecule has 3 aromatic rings. The molecule has 0 fully saturated rings. The Bertz CT molecular complexity index is 1420. The summed E-state index contributed by atoms with van der Waals surface area (Å²) < 4.78 is 42.6. The third kappa shape index (κ3) is 9.43. The Morgan fingerprint density at radius 2 is 1.27 bits per heavy atom. The van der Waals surface area contributed by atoms with E-state index in [4.69, 9.17) is 35.4 Å². The molecular weight excluding hydrogens is 597 g/mol. The summed E-state index contributed by atoms with van der Waals surface area (Å²) in [5, 5.41) is 18.1. The van der Waals surface area contributed by atoms with Crippen molar-refractivity contribution in [2.45, 2.75) is 5.85 Å². The number of hydrazone groups is 2. The molecule has 0 spiro atoms. The van der Waals surface area contributed by atoms with Gasteiger partial charge in [-0.05, 0) is 82.1 Å². The van der Waals surface area contributed by atoms with Gasteiger partial charge in [0.15, 0.2) is 17.3 Å². The molecule has 3 atom stereocenters. The predicted octanol–water partition coefficient (Wildman–Crippen LogP) is 4.98. The van der Waals surface area contributed by atoms with Crippen LogP contribution in [0.15, 0.2) is 83.0 Å². The second kappa shape index (κ2) is 14.4. The minimum atomic E-state index is -4.70. The first-order valence-corrected chi connectivity index (χ1v) is 16.4. The van der Waals surface area contributed by atoms with E-state index in [-0.39, 0.29) is 11.3 Å². The number of aliphatic hydroxyl groups excluding tert-OH is 1. The van der Waals surface area contributed by atoms with Crippen molar-refractivity contribution in [2.24, 2.45) is 10.2 Å². The summed E-state index contributed by atoms with van der Waals surface area (Å²) in [6.45, 7) is 0. The maximum absolute atomic E-state index is 12.4. The first-order valence-electron chi connectivity index (χ1n) is 11.4. The second-order valence-corrected chi connectivity index (χ2v) is 13.1. The number of hydrogen-bond acceptors (Lipinski definition) is 9. The standard InChI is InChI=1S/C24H25N4O8P3S/c1-27(37(30)35-22-14-8-20(9-15-22)24(29)39(31,32)33)25-16-19-6-12-23(13-7-19)36-38(40)28(2)26-17-18-4-10-21(34-3)11-5-18/h4-17,24,29H,1-3H3/p+2/b25-16+,26-17+. The van der Waals surface area contributed by atoms with E-state index in [0.29, 0.717) is 11.3 Å². The van der Waals surface area contributed by atoms with Gasteiger partial charge in [-0.1, -0.05) is 16.9 Å². The Kier molecular flexibility index (Phi) is 11.2. The Morgan fingerprint density at radius 1 is 0.825 bits per heavy atom. The van der Waals surface area contributed by atoms with Crippen molar-refractivity contribution in [1.82, 2.24) is 9.56 Å². The molecule has 3 unspecified atom stereocenters. The number of aliphatic hydroxyl groups is 1. The molecule has 0 aliphatic heterocycles. The summed E-state index contributed by atoms with van der Waals surface area (Å²) in [5.74, 6) is -0.462. The number of rotatable bonds is 13. The summed E-state index contributed by atoms with van der Waals surface area (Å²) in [5.41, 5.74) is 1.60. The van der Waals surface area contributed by atoms with Gasteiger partial charge in [0.25, 0.3) is 0 Å². The highest BCUT2D eigenvalue weighted by molar-refractivity contribution is 8.02. The zero-order valence-corrected chi connectivity index (χ0v) is 25.1. The van der Waals surface area contributed by atoms with Crippen molar-refractivity contribution in [3.05, 3.63) is 89.5 Å². The minimum Gasteiger partial charge on any atom is -0.497 e. The van der Waals surface area contributed by atoms with Crippen LogP contribution in [0.3, 0.4) is 0 Å². The summed E-state index contributed by atoms with van der Waals surface area (Å²) in [6.07, 6.45) is 3.17. The number of ether oxygens (including phenoxy) is 1. The lowest BCUT2D eigenvalue weighted by Crippen LogP contribution is -2.04. The normalized spacial score (nSPS) is 13.2. The molecule has 3 N–H and O–H groups in total. The van der Waals surface area contributed by atoms with Gasteiger partial charge in [-0.25, -0.2) is 4.52 Å². The fourth-order valence-corrected chi connectivity index (χ4v) is 4.94. The Balaban J connectivity index is 1.50. The molecule has 0 aliphatic rings. The van der Waals surface area contributed by atoms with Crippen LogP contribution in [0.4, 0.5) is 0 Å². The first kappa shape index (κ1) is 31.3. The van der Waals surface area contributed by atoms with E-state index in [1.807, 2.05) is 24.3 Å². The van der Waals surface area contributed by atoms with Gasteiger partial charge >= 0.3 is 22.8 Å². The summed E-state index contributed by atoms with van der Waals surface area (Å²) in [7, 11) is -3.75. The van der Waals surface area contributed by atoms with Crippen molar-refractivity contribution in [3.8, 4) is 17.2 Å². The zero-order valence-electron chi connectivity index (χ0n) is 21.6. The van der Waals surface area contributed by atoms with Gasteiger partial charge in [-0.3, -0.25) is 9.09 Å². The maximum Gasteiger partial charge on any atom is 0.714 e. The molecule has 12 nitrogen and oxygen atoms in total. The van der Waals surface area contributed by atoms with Gasteiger partial charge in [0.1, 0.15) is 5.75 Å². The highest BCUT2D eigenvalue weighted by Crippen LogP contribution is 2.50. The predicted molar refractivity (Wildman–Crippen MR) is 157 cm³/mol. The van der Waals surface area contributed by atoms with Crippen LogP contribution in [0, 0.1) is 0 Å². The fraction of sp³-hybridized carbons (Fsp3) is 0.167. The second-order valence-electron chi connectivity index (χ2n) is 8.00. The molecular formula is C24H27N4O8P3S+2. The number of benzene rings is 3. The van der Waals surface area contributed by atoms with Crippen LogP contribution in [0.1, 0.15) is 22.5 Å². The molecule has 3 rings (SSSR count). The molecule has 16 heteroatoms. The average molecular weight is 624 g/mol. The quantitative estimate of drug-likeness (QED) is 0.134. The summed E-state index contributed by atoms with van der Waals surface area (Å²) >= 11 is 5.44. The third-order valence-corrected chi connectivity index (χ3v) is 8.83. The Hall–Kier alpha value is -3.27. The molecule has 0 radical (unpaired) electrons. The molecule has 0 saturated heterocycles. The molecule has 3 aromatic carbocycles. The van der Waals surface area contributed by atoms with Crippen LogP contribution in [0.2, 0.25) is 0 Å². The van der Waals surface area contributed by atoms with Crippen molar-refractivity contribution in [2.75, 3.05) is 21.2 Å². The third-order valence-electron chi connectivity index (χ3n) is 5.08. The maximum atomic E-state index is 12.4. The molecule has 0 aromatic heterocycles. The van der Waals surface area contributed by atoms with Crippen molar-refractivity contribution in [3.63, 3.8) is 0 Å². The van der Waals surface area contributed by atoms with Gasteiger partial charge in [0.2, 0.25) is 11.8 Å². The van der Waals surface area contributed by atoms with Crippen molar-refractivity contribution < 1.29 is 37.8 Å². The molecule has 40 heavy (non-hydrogen) atoms. The zero-order chi connectivity index (χ0) is 29.3. The molecule has 0 heterocycles. The SMILES string of the molecule is COc1ccc(/C=N/N(C)[P+](=S)Oc2ccc(/C=N/N(C)[P+](=O)Oc3ccc(C(O)P(=O)(O)O)cc3)cc2)cc1. The van der Waals surface area contributed by atoms with Crippen molar-refractivity contribution in [1.29, 1.82) is 0 Å². The van der Waals surface area contributed by atoms with E-state index in [1.165, 1.54) is 37.5 Å². The smallest absolute Gasteiger partial charge is 0.497 e. The lowest BCUT2D eigenvalue weighted by Gasteiger charge is -2.12. The minimum absolute atomic E-state index is 0.00579. The number of nitrogens with zero attached hydrogens (tertiary/aromatic N) is 4. The Labute approximate surface area is 238 Å². The lowest BCUT2D eigenvalue weighted by atomic mass is 10.2. The number of hydrogen-bond donors (Lipinski definition) is 3. The molecule has 0 saturated carbocycles. The van der Waals surface area contributed by atoms with E-state index in [0.717, 1.165) is 16.1 Å². The lowest BCUT2D eigenvalue weighted by molar-refractivity contribution is 0.205. The van der Waals surface area contributed by atoms with E-state index in [9.17, 15) is 14.2 Å². The van der Waals surface area contributed by atoms with Gasteiger partial charge in [0, 0.05) is 4.57 Å². The molecule has 210 valence electrons.